The molecule has 0 spiro atoms. The van der Waals surface area contributed by atoms with E-state index in [1.165, 1.54) is 11.8 Å². The minimum absolute atomic E-state index is 0.0708. The van der Waals surface area contributed by atoms with E-state index >= 15 is 0 Å². The van der Waals surface area contributed by atoms with Crippen LogP contribution in [0.15, 0.2) is 65.3 Å². The molecule has 0 saturated heterocycles. The topological polar surface area (TPSA) is 55.1 Å². The van der Waals surface area contributed by atoms with Gasteiger partial charge in [-0.05, 0) is 24.6 Å². The summed E-state index contributed by atoms with van der Waals surface area (Å²) in [5.41, 5.74) is 3.81. The Kier molecular flexibility index (Phi) is 4.52. The van der Waals surface area contributed by atoms with Crippen LogP contribution in [0.5, 0.6) is 0 Å². The van der Waals surface area contributed by atoms with Gasteiger partial charge in [0.05, 0.1) is 12.1 Å². The second-order valence-electron chi connectivity index (χ2n) is 5.45. The van der Waals surface area contributed by atoms with E-state index in [2.05, 4.69) is 10.3 Å². The van der Waals surface area contributed by atoms with Gasteiger partial charge in [0.1, 0.15) is 6.26 Å². The lowest BCUT2D eigenvalue weighted by Crippen LogP contribution is -2.24. The lowest BCUT2D eigenvalue weighted by molar-refractivity contribution is -0.120. The maximum Gasteiger partial charge on any atom is 0.226 e. The van der Waals surface area contributed by atoms with Gasteiger partial charge in [-0.2, -0.15) is 0 Å². The molecule has 3 aromatic rings. The summed E-state index contributed by atoms with van der Waals surface area (Å²) in [6, 6.07) is 17.7. The van der Waals surface area contributed by atoms with Crippen molar-refractivity contribution in [2.45, 2.75) is 19.9 Å². The van der Waals surface area contributed by atoms with E-state index in [1.54, 1.807) is 0 Å². The lowest BCUT2D eigenvalue weighted by atomic mass is 10.1. The van der Waals surface area contributed by atoms with E-state index in [0.29, 0.717) is 18.1 Å². The van der Waals surface area contributed by atoms with Crippen molar-refractivity contribution in [2.24, 2.45) is 0 Å². The first-order valence-corrected chi connectivity index (χ1v) is 7.53. The Labute approximate surface area is 135 Å². The van der Waals surface area contributed by atoms with Gasteiger partial charge in [0, 0.05) is 12.1 Å². The molecule has 0 radical (unpaired) electrons. The van der Waals surface area contributed by atoms with E-state index in [0.717, 1.165) is 11.1 Å². The molecule has 0 bridgehead atoms. The van der Waals surface area contributed by atoms with Gasteiger partial charge in [-0.1, -0.05) is 48.0 Å². The quantitative estimate of drug-likeness (QED) is 0.785. The molecule has 0 aliphatic rings. The lowest BCUT2D eigenvalue weighted by Gasteiger charge is -2.04. The predicted octanol–water partition coefficient (Wildman–Crippen LogP) is 3.51. The van der Waals surface area contributed by atoms with Gasteiger partial charge < -0.3 is 9.73 Å². The van der Waals surface area contributed by atoms with Crippen molar-refractivity contribution in [1.29, 1.82) is 0 Å². The van der Waals surface area contributed by atoms with Crippen molar-refractivity contribution < 1.29 is 9.21 Å². The molecular weight excluding hydrogens is 288 g/mol. The number of aromatic nitrogens is 1. The highest BCUT2D eigenvalue weighted by Crippen LogP contribution is 2.18. The third-order valence-corrected chi connectivity index (χ3v) is 3.52. The summed E-state index contributed by atoms with van der Waals surface area (Å²) >= 11 is 0. The fraction of sp³-hybridized carbons (Fsp3) is 0.158. The Hall–Kier alpha value is -2.88. The molecule has 4 nitrogen and oxygen atoms in total. The van der Waals surface area contributed by atoms with Crippen LogP contribution in [0.2, 0.25) is 0 Å². The first-order valence-electron chi connectivity index (χ1n) is 7.53. The Morgan fingerprint density at radius 2 is 1.83 bits per heavy atom. The third-order valence-electron chi connectivity index (χ3n) is 3.52. The van der Waals surface area contributed by atoms with Crippen molar-refractivity contribution in [3.05, 3.63) is 77.7 Å². The number of nitrogens with zero attached hydrogens (tertiary/aromatic N) is 1. The monoisotopic (exact) mass is 306 g/mol. The van der Waals surface area contributed by atoms with Gasteiger partial charge in [-0.25, -0.2) is 4.98 Å². The second-order valence-corrected chi connectivity index (χ2v) is 5.45. The molecule has 1 heterocycles. The number of carbonyl (C=O) groups is 1. The van der Waals surface area contributed by atoms with Crippen molar-refractivity contribution in [3.63, 3.8) is 0 Å². The average Bonchev–Trinajstić information content (AvgIpc) is 3.04. The minimum atomic E-state index is -0.0708. The Morgan fingerprint density at radius 3 is 2.57 bits per heavy atom. The molecule has 2 aromatic carbocycles. The first-order chi connectivity index (χ1) is 11.2. The number of amides is 1. The highest BCUT2D eigenvalue weighted by atomic mass is 16.3. The summed E-state index contributed by atoms with van der Waals surface area (Å²) in [5.74, 6) is 0.463. The zero-order valence-corrected chi connectivity index (χ0v) is 13.0. The second kappa shape index (κ2) is 6.92. The molecule has 4 heteroatoms. The Morgan fingerprint density at radius 1 is 1.09 bits per heavy atom. The molecule has 1 amide bonds. The van der Waals surface area contributed by atoms with Gasteiger partial charge in [0.2, 0.25) is 11.8 Å². The zero-order chi connectivity index (χ0) is 16.1. The smallest absolute Gasteiger partial charge is 0.226 e. The van der Waals surface area contributed by atoms with Gasteiger partial charge in [-0.3, -0.25) is 4.79 Å². The maximum absolute atomic E-state index is 12.0. The average molecular weight is 306 g/mol. The predicted molar refractivity (Wildman–Crippen MR) is 88.7 cm³/mol. The summed E-state index contributed by atoms with van der Waals surface area (Å²) in [4.78, 5) is 16.4. The highest BCUT2D eigenvalue weighted by molar-refractivity contribution is 5.78. The molecule has 0 aliphatic heterocycles. The fourth-order valence-electron chi connectivity index (χ4n) is 2.24. The summed E-state index contributed by atoms with van der Waals surface area (Å²) in [5, 5.41) is 2.90. The van der Waals surface area contributed by atoms with Crippen molar-refractivity contribution >= 4 is 5.91 Å². The molecule has 23 heavy (non-hydrogen) atoms. The number of nitrogens with one attached hydrogen (secondary N) is 1. The number of aryl methyl sites for hydroxylation is 1. The van der Waals surface area contributed by atoms with Gasteiger partial charge in [-0.15, -0.1) is 0 Å². The van der Waals surface area contributed by atoms with Gasteiger partial charge in [0.25, 0.3) is 0 Å². The van der Waals surface area contributed by atoms with Crippen LogP contribution < -0.4 is 5.32 Å². The Bertz CT molecular complexity index is 777. The Balaban J connectivity index is 1.56. The number of carbonyl (C=O) groups excluding carboxylic acids is 1. The van der Waals surface area contributed by atoms with E-state index in [1.807, 2.05) is 61.5 Å². The number of hydrogen-bond acceptors (Lipinski definition) is 3. The number of hydrogen-bond donors (Lipinski definition) is 1. The van der Waals surface area contributed by atoms with Crippen molar-refractivity contribution in [2.75, 3.05) is 0 Å². The molecule has 116 valence electrons. The SMILES string of the molecule is Cc1ccc(CNC(=O)Cc2coc(-c3ccccc3)n2)cc1. The van der Waals surface area contributed by atoms with Crippen LogP contribution >= 0.6 is 0 Å². The fourth-order valence-corrected chi connectivity index (χ4v) is 2.24. The van der Waals surface area contributed by atoms with E-state index in [9.17, 15) is 4.79 Å². The number of rotatable bonds is 5. The molecule has 3 rings (SSSR count). The maximum atomic E-state index is 12.0. The molecule has 1 aromatic heterocycles. The van der Waals surface area contributed by atoms with Crippen LogP contribution in [0.4, 0.5) is 0 Å². The standard InChI is InChI=1S/C19H18N2O2/c1-14-7-9-15(10-8-14)12-20-18(22)11-17-13-23-19(21-17)16-5-3-2-4-6-16/h2-10,13H,11-12H2,1H3,(H,20,22). The molecule has 0 unspecified atom stereocenters. The zero-order valence-electron chi connectivity index (χ0n) is 13.0. The number of benzene rings is 2. The van der Waals surface area contributed by atoms with Crippen LogP contribution in [0.3, 0.4) is 0 Å². The van der Waals surface area contributed by atoms with Crippen LogP contribution in [0.1, 0.15) is 16.8 Å². The highest BCUT2D eigenvalue weighted by Gasteiger charge is 2.10. The molecule has 1 N–H and O–H groups in total. The molecule has 0 fully saturated rings. The summed E-state index contributed by atoms with van der Waals surface area (Å²) < 4.78 is 5.44. The summed E-state index contributed by atoms with van der Waals surface area (Å²) in [7, 11) is 0. The van der Waals surface area contributed by atoms with E-state index < -0.39 is 0 Å². The van der Waals surface area contributed by atoms with Crippen LogP contribution in [-0.4, -0.2) is 10.9 Å². The summed E-state index contributed by atoms with van der Waals surface area (Å²) in [6.45, 7) is 2.56. The van der Waals surface area contributed by atoms with Crippen molar-refractivity contribution in [1.82, 2.24) is 10.3 Å². The first kappa shape index (κ1) is 15.0. The molecule has 0 aliphatic carbocycles. The normalized spacial score (nSPS) is 10.5. The van der Waals surface area contributed by atoms with Crippen LogP contribution in [-0.2, 0) is 17.8 Å². The molecule has 0 saturated carbocycles. The molecular formula is C19H18N2O2. The van der Waals surface area contributed by atoms with Crippen molar-refractivity contribution in [3.8, 4) is 11.5 Å². The van der Waals surface area contributed by atoms with Crippen LogP contribution in [0.25, 0.3) is 11.5 Å². The molecule has 0 atom stereocenters. The van der Waals surface area contributed by atoms with E-state index in [4.69, 9.17) is 4.42 Å². The van der Waals surface area contributed by atoms with Gasteiger partial charge >= 0.3 is 0 Å². The largest absolute Gasteiger partial charge is 0.444 e. The number of oxazole rings is 1. The summed E-state index contributed by atoms with van der Waals surface area (Å²) in [6.07, 6.45) is 1.75. The van der Waals surface area contributed by atoms with E-state index in [-0.39, 0.29) is 12.3 Å². The minimum Gasteiger partial charge on any atom is -0.444 e. The van der Waals surface area contributed by atoms with Gasteiger partial charge in [0.15, 0.2) is 0 Å². The van der Waals surface area contributed by atoms with Crippen LogP contribution in [0, 0.1) is 6.92 Å². The third kappa shape index (κ3) is 4.07.